The molecule has 26 heavy (non-hydrogen) atoms. The van der Waals surface area contributed by atoms with Gasteiger partial charge in [-0.2, -0.15) is 5.10 Å². The number of H-pyrrole nitrogens is 1. The molecule has 0 bridgehead atoms. The maximum atomic E-state index is 13.0. The van der Waals surface area contributed by atoms with Crippen molar-refractivity contribution in [2.75, 3.05) is 0 Å². The van der Waals surface area contributed by atoms with E-state index >= 15 is 0 Å². The largest absolute Gasteiger partial charge is 0.289 e. The Kier molecular flexibility index (Phi) is 4.90. The van der Waals surface area contributed by atoms with Crippen LogP contribution in [0.2, 0.25) is 5.02 Å². The molecule has 0 atom stereocenters. The molecule has 1 aromatic heterocycles. The van der Waals surface area contributed by atoms with Gasteiger partial charge in [0.1, 0.15) is 10.8 Å². The molecule has 0 unspecified atom stereocenters. The lowest BCUT2D eigenvalue weighted by molar-refractivity contribution is -0.384. The first-order chi connectivity index (χ1) is 12.4. The highest BCUT2D eigenvalue weighted by molar-refractivity contribution is 6.33. The van der Waals surface area contributed by atoms with Crippen molar-refractivity contribution in [2.45, 2.75) is 0 Å². The standard InChI is InChI=1S/C18H11ClFN3O3/c19-15-9-12(3-7-17(15)23(25)26)18(24)8-6-14-10-16(22-21-14)11-1-4-13(20)5-2-11/h1-10H,(H,21,22)/b8-6+. The fourth-order valence-corrected chi connectivity index (χ4v) is 2.51. The molecule has 3 rings (SSSR count). The number of nitrogens with zero attached hydrogens (tertiary/aromatic N) is 2. The van der Waals surface area contributed by atoms with Crippen LogP contribution in [0.5, 0.6) is 0 Å². The van der Waals surface area contributed by atoms with Crippen molar-refractivity contribution in [3.8, 4) is 11.3 Å². The van der Waals surface area contributed by atoms with Crippen molar-refractivity contribution in [1.82, 2.24) is 10.2 Å². The summed E-state index contributed by atoms with van der Waals surface area (Å²) >= 11 is 5.81. The Bertz CT molecular complexity index is 1010. The van der Waals surface area contributed by atoms with E-state index in [0.717, 1.165) is 5.56 Å². The third-order valence-electron chi connectivity index (χ3n) is 3.58. The van der Waals surface area contributed by atoms with Gasteiger partial charge in [0.15, 0.2) is 5.78 Å². The lowest BCUT2D eigenvalue weighted by Crippen LogP contribution is -1.96. The molecule has 0 spiro atoms. The number of allylic oxidation sites excluding steroid dienone is 1. The third-order valence-corrected chi connectivity index (χ3v) is 3.88. The molecule has 2 aromatic carbocycles. The van der Waals surface area contributed by atoms with Gasteiger partial charge < -0.3 is 0 Å². The Morgan fingerprint density at radius 2 is 1.92 bits per heavy atom. The van der Waals surface area contributed by atoms with E-state index in [9.17, 15) is 19.3 Å². The lowest BCUT2D eigenvalue weighted by Gasteiger charge is -1.98. The fraction of sp³-hybridized carbons (Fsp3) is 0. The number of hydrogen-bond donors (Lipinski definition) is 1. The summed E-state index contributed by atoms with van der Waals surface area (Å²) in [6.45, 7) is 0. The van der Waals surface area contributed by atoms with Crippen molar-refractivity contribution in [3.05, 3.63) is 86.8 Å². The van der Waals surface area contributed by atoms with Gasteiger partial charge >= 0.3 is 0 Å². The molecule has 0 aliphatic rings. The van der Waals surface area contributed by atoms with Gasteiger partial charge in [-0.25, -0.2) is 4.39 Å². The average molecular weight is 372 g/mol. The Hall–Kier alpha value is -3.32. The minimum Gasteiger partial charge on any atom is -0.289 e. The highest BCUT2D eigenvalue weighted by Gasteiger charge is 2.14. The van der Waals surface area contributed by atoms with Gasteiger partial charge in [-0.1, -0.05) is 11.6 Å². The molecule has 0 aliphatic heterocycles. The summed E-state index contributed by atoms with van der Waals surface area (Å²) in [7, 11) is 0. The van der Waals surface area contributed by atoms with Crippen LogP contribution in [0, 0.1) is 15.9 Å². The Morgan fingerprint density at radius 3 is 2.58 bits per heavy atom. The third kappa shape index (κ3) is 3.84. The predicted molar refractivity (Wildman–Crippen MR) is 95.5 cm³/mol. The number of benzene rings is 2. The molecule has 0 fully saturated rings. The zero-order valence-corrected chi connectivity index (χ0v) is 13.9. The van der Waals surface area contributed by atoms with Gasteiger partial charge in [0.05, 0.1) is 16.3 Å². The van der Waals surface area contributed by atoms with E-state index in [0.29, 0.717) is 11.4 Å². The Morgan fingerprint density at radius 1 is 1.19 bits per heavy atom. The van der Waals surface area contributed by atoms with Crippen LogP contribution < -0.4 is 0 Å². The second kappa shape index (κ2) is 7.28. The van der Waals surface area contributed by atoms with Crippen LogP contribution in [0.4, 0.5) is 10.1 Å². The van der Waals surface area contributed by atoms with Crippen molar-refractivity contribution >= 4 is 29.1 Å². The number of ketones is 1. The number of nitro benzene ring substituents is 1. The van der Waals surface area contributed by atoms with Crippen LogP contribution in [-0.2, 0) is 0 Å². The van der Waals surface area contributed by atoms with Crippen molar-refractivity contribution in [2.24, 2.45) is 0 Å². The van der Waals surface area contributed by atoms with E-state index in [1.807, 2.05) is 0 Å². The molecule has 0 saturated carbocycles. The zero-order valence-electron chi connectivity index (χ0n) is 13.1. The van der Waals surface area contributed by atoms with Crippen LogP contribution in [0.25, 0.3) is 17.3 Å². The first-order valence-corrected chi connectivity index (χ1v) is 7.79. The lowest BCUT2D eigenvalue weighted by atomic mass is 10.1. The van der Waals surface area contributed by atoms with Gasteiger partial charge in [-0.05, 0) is 54.6 Å². The van der Waals surface area contributed by atoms with Crippen LogP contribution in [0.15, 0.2) is 54.6 Å². The maximum absolute atomic E-state index is 13.0. The molecule has 0 amide bonds. The minimum atomic E-state index is -0.617. The molecule has 1 N–H and O–H groups in total. The number of nitrogens with one attached hydrogen (secondary N) is 1. The molecule has 6 nitrogen and oxygen atoms in total. The summed E-state index contributed by atoms with van der Waals surface area (Å²) in [5, 5.41) is 17.5. The summed E-state index contributed by atoms with van der Waals surface area (Å²) in [5.41, 5.74) is 1.89. The topological polar surface area (TPSA) is 88.9 Å². The van der Waals surface area contributed by atoms with Gasteiger partial charge in [-0.3, -0.25) is 20.0 Å². The summed E-state index contributed by atoms with van der Waals surface area (Å²) < 4.78 is 13.0. The van der Waals surface area contributed by atoms with E-state index in [1.165, 1.54) is 42.5 Å². The second-order valence-electron chi connectivity index (χ2n) is 5.34. The van der Waals surface area contributed by atoms with Gasteiger partial charge in [0, 0.05) is 17.2 Å². The number of carbonyl (C=O) groups excluding carboxylic acids is 1. The van der Waals surface area contributed by atoms with Crippen LogP contribution in [0.3, 0.4) is 0 Å². The van der Waals surface area contributed by atoms with Crippen molar-refractivity contribution in [3.63, 3.8) is 0 Å². The number of rotatable bonds is 5. The van der Waals surface area contributed by atoms with E-state index < -0.39 is 4.92 Å². The number of aromatic amines is 1. The normalized spacial score (nSPS) is 11.0. The number of nitro groups is 1. The Labute approximate surface area is 152 Å². The molecule has 0 aliphatic carbocycles. The van der Waals surface area contributed by atoms with Gasteiger partial charge in [0.2, 0.25) is 0 Å². The molecule has 0 saturated heterocycles. The molecular weight excluding hydrogens is 361 g/mol. The highest BCUT2D eigenvalue weighted by atomic mass is 35.5. The smallest absolute Gasteiger partial charge is 0.287 e. The first kappa shape index (κ1) is 17.5. The summed E-state index contributed by atoms with van der Waals surface area (Å²) in [6, 6.07) is 11.4. The monoisotopic (exact) mass is 371 g/mol. The number of hydrogen-bond acceptors (Lipinski definition) is 4. The van der Waals surface area contributed by atoms with Crippen molar-refractivity contribution in [1.29, 1.82) is 0 Å². The van der Waals surface area contributed by atoms with E-state index in [1.54, 1.807) is 18.2 Å². The van der Waals surface area contributed by atoms with Gasteiger partial charge in [-0.15, -0.1) is 0 Å². The van der Waals surface area contributed by atoms with Crippen molar-refractivity contribution < 1.29 is 14.1 Å². The zero-order chi connectivity index (χ0) is 18.7. The van der Waals surface area contributed by atoms with E-state index in [-0.39, 0.29) is 27.9 Å². The quantitative estimate of drug-likeness (QED) is 0.305. The summed E-state index contributed by atoms with van der Waals surface area (Å²) in [4.78, 5) is 22.3. The fourth-order valence-electron chi connectivity index (χ4n) is 2.26. The highest BCUT2D eigenvalue weighted by Crippen LogP contribution is 2.25. The second-order valence-corrected chi connectivity index (χ2v) is 5.74. The SMILES string of the molecule is O=C(/C=C/c1cc(-c2ccc(F)cc2)n[nH]1)c1ccc([N+](=O)[O-])c(Cl)c1. The first-order valence-electron chi connectivity index (χ1n) is 7.42. The van der Waals surface area contributed by atoms with E-state index in [2.05, 4.69) is 10.2 Å². The Balaban J connectivity index is 1.76. The molecular formula is C18H11ClFN3O3. The molecule has 8 heteroatoms. The number of carbonyl (C=O) groups is 1. The summed E-state index contributed by atoms with van der Waals surface area (Å²) in [5.74, 6) is -0.698. The van der Waals surface area contributed by atoms with Gasteiger partial charge in [0.25, 0.3) is 5.69 Å². The molecule has 3 aromatic rings. The molecule has 1 heterocycles. The number of aromatic nitrogens is 2. The number of halogens is 2. The van der Waals surface area contributed by atoms with E-state index in [4.69, 9.17) is 11.6 Å². The molecule has 0 radical (unpaired) electrons. The summed E-state index contributed by atoms with van der Waals surface area (Å²) in [6.07, 6.45) is 2.83. The maximum Gasteiger partial charge on any atom is 0.287 e. The van der Waals surface area contributed by atoms with Crippen LogP contribution in [0.1, 0.15) is 16.1 Å². The minimum absolute atomic E-state index is 0.102. The van der Waals surface area contributed by atoms with Crippen LogP contribution in [-0.4, -0.2) is 20.9 Å². The van der Waals surface area contributed by atoms with Crippen LogP contribution >= 0.6 is 11.6 Å². The molecule has 130 valence electrons. The predicted octanol–water partition coefficient (Wildman–Crippen LogP) is 4.67. The average Bonchev–Trinajstić information content (AvgIpc) is 3.09.